The van der Waals surface area contributed by atoms with E-state index in [9.17, 15) is 23.1 Å². The average molecular weight is 314 g/mol. The van der Waals surface area contributed by atoms with Gasteiger partial charge in [0, 0.05) is 18.8 Å². The van der Waals surface area contributed by atoms with Gasteiger partial charge in [0.1, 0.15) is 5.78 Å². The van der Waals surface area contributed by atoms with Gasteiger partial charge in [-0.15, -0.1) is 0 Å². The lowest BCUT2D eigenvalue weighted by atomic mass is 9.72. The first kappa shape index (κ1) is 14.7. The molecule has 0 aliphatic heterocycles. The second kappa shape index (κ2) is 4.59. The smallest absolute Gasteiger partial charge is 0.380 e. The molecule has 4 saturated carbocycles. The van der Waals surface area contributed by atoms with Crippen molar-refractivity contribution in [2.45, 2.75) is 63.1 Å². The third-order valence-electron chi connectivity index (χ3n) is 6.78. The Kier molecular flexibility index (Phi) is 3.07. The number of Topliss-reactive ketones (excluding diaryl/α,β-unsaturated/α-hetero) is 1. The summed E-state index contributed by atoms with van der Waals surface area (Å²) in [6, 6.07) is 0. The molecule has 5 atom stereocenters. The summed E-state index contributed by atoms with van der Waals surface area (Å²) >= 11 is 0. The number of hydrogen-bond acceptors (Lipinski definition) is 2. The molecule has 122 valence electrons. The van der Waals surface area contributed by atoms with Gasteiger partial charge in [-0.25, -0.2) is 0 Å². The Labute approximate surface area is 127 Å². The second-order valence-electron chi connectivity index (χ2n) is 7.71. The van der Waals surface area contributed by atoms with Crippen LogP contribution in [0.4, 0.5) is 13.2 Å². The first-order valence-electron chi connectivity index (χ1n) is 8.30. The lowest BCUT2D eigenvalue weighted by Gasteiger charge is -2.39. The monoisotopic (exact) mass is 314 g/mol. The molecule has 0 aromatic heterocycles. The fourth-order valence-corrected chi connectivity index (χ4v) is 5.72. The molecule has 0 aromatic rings. The summed E-state index contributed by atoms with van der Waals surface area (Å²) in [4.78, 5) is 11.3. The van der Waals surface area contributed by atoms with E-state index in [2.05, 4.69) is 0 Å². The van der Waals surface area contributed by atoms with E-state index in [1.54, 1.807) is 0 Å². The molecule has 0 spiro atoms. The third kappa shape index (κ3) is 1.93. The molecule has 0 saturated heterocycles. The molecule has 2 bridgehead atoms. The van der Waals surface area contributed by atoms with E-state index in [0.29, 0.717) is 37.4 Å². The quantitative estimate of drug-likeness (QED) is 0.691. The minimum Gasteiger partial charge on any atom is -0.380 e. The van der Waals surface area contributed by atoms with Crippen molar-refractivity contribution in [2.75, 3.05) is 0 Å². The summed E-state index contributed by atoms with van der Waals surface area (Å²) in [5, 5.41) is 10.2. The maximum absolute atomic E-state index is 13.3. The van der Waals surface area contributed by atoms with Crippen molar-refractivity contribution in [3.05, 3.63) is 11.1 Å². The van der Waals surface area contributed by atoms with Gasteiger partial charge in [0.2, 0.25) is 0 Å². The van der Waals surface area contributed by atoms with Gasteiger partial charge >= 0.3 is 6.18 Å². The van der Waals surface area contributed by atoms with E-state index in [0.717, 1.165) is 19.3 Å². The van der Waals surface area contributed by atoms with Gasteiger partial charge in [-0.3, -0.25) is 4.79 Å². The van der Waals surface area contributed by atoms with Crippen molar-refractivity contribution < 1.29 is 23.1 Å². The predicted molar refractivity (Wildman–Crippen MR) is 73.9 cm³/mol. The highest BCUT2D eigenvalue weighted by Crippen LogP contribution is 2.66. The van der Waals surface area contributed by atoms with Gasteiger partial charge in [-0.05, 0) is 56.3 Å². The van der Waals surface area contributed by atoms with Gasteiger partial charge in [0.25, 0.3) is 0 Å². The van der Waals surface area contributed by atoms with Crippen LogP contribution in [-0.4, -0.2) is 22.7 Å². The van der Waals surface area contributed by atoms with Crippen molar-refractivity contribution in [3.8, 4) is 0 Å². The molecular weight excluding hydrogens is 293 g/mol. The molecule has 1 N–H and O–H groups in total. The van der Waals surface area contributed by atoms with Gasteiger partial charge in [-0.1, -0.05) is 11.1 Å². The Morgan fingerprint density at radius 2 is 1.64 bits per heavy atom. The standard InChI is InChI=1S/C17H21F3O2/c18-17(19,20)16(22)8-11-7-15(16)14-6-10(5-13(11)14)9-1-3-12(21)4-2-9/h11,13-15,22H,1-8H2/t11-,13-,14-,15-,16-/m0/s1. The molecule has 0 heterocycles. The number of halogens is 3. The van der Waals surface area contributed by atoms with E-state index in [1.165, 1.54) is 11.1 Å². The Bertz CT molecular complexity index is 539. The van der Waals surface area contributed by atoms with Crippen LogP contribution in [0.15, 0.2) is 11.1 Å². The first-order chi connectivity index (χ1) is 10.3. The number of alkyl halides is 3. The summed E-state index contributed by atoms with van der Waals surface area (Å²) in [6.45, 7) is 0. The maximum Gasteiger partial charge on any atom is 0.417 e. The van der Waals surface area contributed by atoms with Crippen LogP contribution < -0.4 is 0 Å². The van der Waals surface area contributed by atoms with E-state index in [4.69, 9.17) is 0 Å². The zero-order chi connectivity index (χ0) is 15.7. The fraction of sp³-hybridized carbons (Fsp3) is 0.824. The molecule has 4 aliphatic carbocycles. The molecular formula is C17H21F3O2. The highest BCUT2D eigenvalue weighted by atomic mass is 19.4. The summed E-state index contributed by atoms with van der Waals surface area (Å²) in [7, 11) is 0. The zero-order valence-corrected chi connectivity index (χ0v) is 12.5. The topological polar surface area (TPSA) is 37.3 Å². The van der Waals surface area contributed by atoms with Crippen molar-refractivity contribution in [2.24, 2.45) is 23.7 Å². The normalized spacial score (nSPS) is 44.8. The third-order valence-corrected chi connectivity index (χ3v) is 6.78. The number of ketones is 1. The minimum absolute atomic E-state index is 0.00879. The molecule has 4 aliphatic rings. The number of aliphatic hydroxyl groups is 1. The largest absolute Gasteiger partial charge is 0.417 e. The van der Waals surface area contributed by atoms with Crippen LogP contribution >= 0.6 is 0 Å². The van der Waals surface area contributed by atoms with Crippen LogP contribution in [0.2, 0.25) is 0 Å². The van der Waals surface area contributed by atoms with Crippen LogP contribution in [0.25, 0.3) is 0 Å². The first-order valence-corrected chi connectivity index (χ1v) is 8.30. The number of carbonyl (C=O) groups excluding carboxylic acids is 1. The summed E-state index contributed by atoms with van der Waals surface area (Å²) < 4.78 is 39.8. The lowest BCUT2D eigenvalue weighted by Crippen LogP contribution is -2.52. The Morgan fingerprint density at radius 1 is 1.00 bits per heavy atom. The molecule has 0 unspecified atom stereocenters. The average Bonchev–Trinajstić information content (AvgIpc) is 3.07. The molecule has 0 aromatic carbocycles. The second-order valence-corrected chi connectivity index (χ2v) is 7.71. The van der Waals surface area contributed by atoms with Gasteiger partial charge in [-0.2, -0.15) is 13.2 Å². The SMILES string of the molecule is O=C1CCC(=C2C[C@H]3[C@H]4C[C@@H]([C@H]3C2)[C@](O)(C(F)(F)F)C4)CC1. The lowest BCUT2D eigenvalue weighted by molar-refractivity contribution is -0.284. The summed E-state index contributed by atoms with van der Waals surface area (Å²) in [5.74, 6) is 0.0167. The number of carbonyl (C=O) groups is 1. The number of fused-ring (bicyclic) bond motifs is 5. The molecule has 2 nitrogen and oxygen atoms in total. The highest BCUT2D eigenvalue weighted by Gasteiger charge is 2.70. The minimum atomic E-state index is -4.51. The molecule has 5 heteroatoms. The Morgan fingerprint density at radius 3 is 2.27 bits per heavy atom. The van der Waals surface area contributed by atoms with E-state index >= 15 is 0 Å². The van der Waals surface area contributed by atoms with Crippen LogP contribution in [0, 0.1) is 23.7 Å². The highest BCUT2D eigenvalue weighted by molar-refractivity contribution is 5.80. The van der Waals surface area contributed by atoms with E-state index in [1.807, 2.05) is 0 Å². The van der Waals surface area contributed by atoms with Crippen molar-refractivity contribution in [3.63, 3.8) is 0 Å². The van der Waals surface area contributed by atoms with Gasteiger partial charge in [0.15, 0.2) is 5.60 Å². The van der Waals surface area contributed by atoms with E-state index < -0.39 is 17.7 Å². The molecule has 0 radical (unpaired) electrons. The number of hydrogen-bond donors (Lipinski definition) is 1. The van der Waals surface area contributed by atoms with Crippen LogP contribution in [-0.2, 0) is 4.79 Å². The van der Waals surface area contributed by atoms with E-state index in [-0.39, 0.29) is 18.3 Å². The molecule has 4 fully saturated rings. The zero-order valence-electron chi connectivity index (χ0n) is 12.5. The summed E-state index contributed by atoms with van der Waals surface area (Å²) in [6.07, 6.45) is 0.317. The number of allylic oxidation sites excluding steroid dienone is 2. The molecule has 0 amide bonds. The van der Waals surface area contributed by atoms with Crippen molar-refractivity contribution in [1.82, 2.24) is 0 Å². The molecule has 4 rings (SSSR count). The van der Waals surface area contributed by atoms with Crippen LogP contribution in [0.3, 0.4) is 0 Å². The maximum atomic E-state index is 13.3. The van der Waals surface area contributed by atoms with Gasteiger partial charge < -0.3 is 5.11 Å². The summed E-state index contributed by atoms with van der Waals surface area (Å²) in [5.41, 5.74) is 0.175. The Hall–Kier alpha value is -0.840. The Balaban J connectivity index is 1.57. The van der Waals surface area contributed by atoms with Crippen molar-refractivity contribution >= 4 is 5.78 Å². The predicted octanol–water partition coefficient (Wildman–Crippen LogP) is 3.79. The molecule has 22 heavy (non-hydrogen) atoms. The van der Waals surface area contributed by atoms with Crippen LogP contribution in [0.1, 0.15) is 51.4 Å². The fourth-order valence-electron chi connectivity index (χ4n) is 5.72. The van der Waals surface area contributed by atoms with Crippen molar-refractivity contribution in [1.29, 1.82) is 0 Å². The number of rotatable bonds is 0. The van der Waals surface area contributed by atoms with Crippen LogP contribution in [0.5, 0.6) is 0 Å². The van der Waals surface area contributed by atoms with Gasteiger partial charge in [0.05, 0.1) is 0 Å².